The molecule has 3 nitrogen and oxygen atoms in total. The lowest BCUT2D eigenvalue weighted by molar-refractivity contribution is 0.414. The third kappa shape index (κ3) is 4.27. The lowest BCUT2D eigenvalue weighted by Gasteiger charge is -2.10. The lowest BCUT2D eigenvalue weighted by Crippen LogP contribution is -2.12. The molecular formula is C16H17Cl2NO2. The zero-order valence-electron chi connectivity index (χ0n) is 12.0. The van der Waals surface area contributed by atoms with Gasteiger partial charge in [-0.2, -0.15) is 0 Å². The third-order valence-corrected chi connectivity index (χ3v) is 3.64. The normalized spacial score (nSPS) is 10.5. The molecule has 0 aliphatic heterocycles. The van der Waals surface area contributed by atoms with E-state index in [4.69, 9.17) is 32.7 Å². The van der Waals surface area contributed by atoms with Gasteiger partial charge in [-0.25, -0.2) is 0 Å². The summed E-state index contributed by atoms with van der Waals surface area (Å²) in [7, 11) is 3.21. The molecule has 5 heteroatoms. The topological polar surface area (TPSA) is 30.5 Å². The molecule has 0 radical (unpaired) electrons. The van der Waals surface area contributed by atoms with Crippen LogP contribution in [0.5, 0.6) is 11.5 Å². The predicted octanol–water partition coefficient (Wildman–Crippen LogP) is 4.30. The molecule has 2 aromatic carbocycles. The highest BCUT2D eigenvalue weighted by atomic mass is 35.5. The van der Waals surface area contributed by atoms with Gasteiger partial charge in [-0.15, -0.1) is 0 Å². The first-order valence-electron chi connectivity index (χ1n) is 6.49. The van der Waals surface area contributed by atoms with Crippen LogP contribution in [0.2, 0.25) is 10.0 Å². The standard InChI is InChI=1S/C16H17Cl2NO2/c1-20-13-5-3-11(4-6-13)9-19-10-12-7-14(17)16(21-2)15(18)8-12/h3-8,19H,9-10H2,1-2H3. The van der Waals surface area contributed by atoms with Crippen LogP contribution in [-0.2, 0) is 13.1 Å². The molecule has 0 fully saturated rings. The van der Waals surface area contributed by atoms with Crippen molar-refractivity contribution < 1.29 is 9.47 Å². The maximum Gasteiger partial charge on any atom is 0.156 e. The molecule has 0 amide bonds. The van der Waals surface area contributed by atoms with Gasteiger partial charge < -0.3 is 14.8 Å². The van der Waals surface area contributed by atoms with Crippen molar-refractivity contribution in [3.05, 3.63) is 57.6 Å². The maximum absolute atomic E-state index is 6.11. The van der Waals surface area contributed by atoms with Crippen molar-refractivity contribution in [1.29, 1.82) is 0 Å². The molecule has 0 bridgehead atoms. The van der Waals surface area contributed by atoms with Crippen LogP contribution in [0.25, 0.3) is 0 Å². The first-order valence-corrected chi connectivity index (χ1v) is 7.25. The summed E-state index contributed by atoms with van der Waals surface area (Å²) in [5.74, 6) is 1.37. The minimum absolute atomic E-state index is 0.511. The smallest absolute Gasteiger partial charge is 0.156 e. The molecule has 0 unspecified atom stereocenters. The second-order valence-corrected chi connectivity index (χ2v) is 5.36. The van der Waals surface area contributed by atoms with E-state index in [1.165, 1.54) is 5.56 Å². The van der Waals surface area contributed by atoms with Crippen LogP contribution >= 0.6 is 23.2 Å². The number of hydrogen-bond donors (Lipinski definition) is 1. The zero-order chi connectivity index (χ0) is 15.2. The Morgan fingerprint density at radius 3 is 1.95 bits per heavy atom. The quantitative estimate of drug-likeness (QED) is 0.858. The van der Waals surface area contributed by atoms with E-state index in [9.17, 15) is 0 Å². The van der Waals surface area contributed by atoms with Crippen LogP contribution in [0.15, 0.2) is 36.4 Å². The molecule has 0 atom stereocenters. The van der Waals surface area contributed by atoms with Gasteiger partial charge in [0, 0.05) is 13.1 Å². The highest BCUT2D eigenvalue weighted by molar-refractivity contribution is 6.37. The summed E-state index contributed by atoms with van der Waals surface area (Å²) in [6.45, 7) is 1.43. The fourth-order valence-corrected chi connectivity index (χ4v) is 2.69. The van der Waals surface area contributed by atoms with Gasteiger partial charge in [0.2, 0.25) is 0 Å². The Kier molecular flexibility index (Phi) is 5.74. The highest BCUT2D eigenvalue weighted by Crippen LogP contribution is 2.33. The molecule has 2 rings (SSSR count). The lowest BCUT2D eigenvalue weighted by atomic mass is 10.2. The Morgan fingerprint density at radius 1 is 0.857 bits per heavy atom. The van der Waals surface area contributed by atoms with E-state index in [0.717, 1.165) is 17.9 Å². The van der Waals surface area contributed by atoms with Gasteiger partial charge in [0.05, 0.1) is 24.3 Å². The number of nitrogens with one attached hydrogen (secondary N) is 1. The Balaban J connectivity index is 1.93. The van der Waals surface area contributed by atoms with E-state index < -0.39 is 0 Å². The SMILES string of the molecule is COc1ccc(CNCc2cc(Cl)c(OC)c(Cl)c2)cc1. The first kappa shape index (κ1) is 16.0. The van der Waals surface area contributed by atoms with Gasteiger partial charge in [0.15, 0.2) is 5.75 Å². The maximum atomic E-state index is 6.11. The number of methoxy groups -OCH3 is 2. The molecule has 0 aliphatic rings. The second kappa shape index (κ2) is 7.55. The summed E-state index contributed by atoms with van der Waals surface area (Å²) in [4.78, 5) is 0. The van der Waals surface area contributed by atoms with Crippen LogP contribution in [0.3, 0.4) is 0 Å². The molecule has 0 aliphatic carbocycles. The van der Waals surface area contributed by atoms with Crippen molar-refractivity contribution in [3.63, 3.8) is 0 Å². The summed E-state index contributed by atoms with van der Waals surface area (Å²) in [6, 6.07) is 11.6. The van der Waals surface area contributed by atoms with E-state index in [2.05, 4.69) is 5.32 Å². The van der Waals surface area contributed by atoms with E-state index in [-0.39, 0.29) is 0 Å². The van der Waals surface area contributed by atoms with Crippen LogP contribution in [0.4, 0.5) is 0 Å². The monoisotopic (exact) mass is 325 g/mol. The summed E-state index contributed by atoms with van der Waals surface area (Å²) in [5.41, 5.74) is 2.20. The third-order valence-electron chi connectivity index (χ3n) is 3.08. The fourth-order valence-electron chi connectivity index (χ4n) is 2.00. The van der Waals surface area contributed by atoms with Gasteiger partial charge in [0.1, 0.15) is 5.75 Å². The largest absolute Gasteiger partial charge is 0.497 e. The summed E-state index contributed by atoms with van der Waals surface area (Å²) < 4.78 is 10.3. The first-order chi connectivity index (χ1) is 10.1. The van der Waals surface area contributed by atoms with Crippen molar-refractivity contribution in [1.82, 2.24) is 5.32 Å². The highest BCUT2D eigenvalue weighted by Gasteiger charge is 2.08. The van der Waals surface area contributed by atoms with Crippen LogP contribution in [-0.4, -0.2) is 14.2 Å². The molecule has 0 aromatic heterocycles. The van der Waals surface area contributed by atoms with E-state index in [1.54, 1.807) is 14.2 Å². The van der Waals surface area contributed by atoms with Crippen LogP contribution in [0, 0.1) is 0 Å². The summed E-state index contributed by atoms with van der Waals surface area (Å²) in [6.07, 6.45) is 0. The molecule has 2 aromatic rings. The van der Waals surface area contributed by atoms with Gasteiger partial charge in [-0.05, 0) is 35.4 Å². The number of benzene rings is 2. The van der Waals surface area contributed by atoms with Gasteiger partial charge in [0.25, 0.3) is 0 Å². The fraction of sp³-hybridized carbons (Fsp3) is 0.250. The van der Waals surface area contributed by atoms with Gasteiger partial charge in [-0.1, -0.05) is 35.3 Å². The summed E-state index contributed by atoms with van der Waals surface area (Å²) in [5, 5.41) is 4.39. The number of hydrogen-bond acceptors (Lipinski definition) is 3. The Bertz CT molecular complexity index is 577. The van der Waals surface area contributed by atoms with Gasteiger partial charge >= 0.3 is 0 Å². The summed E-state index contributed by atoms with van der Waals surface area (Å²) >= 11 is 12.2. The number of ether oxygens (including phenoxy) is 2. The number of halogens is 2. The van der Waals surface area contributed by atoms with Gasteiger partial charge in [-0.3, -0.25) is 0 Å². The molecule has 1 N–H and O–H groups in total. The average Bonchev–Trinajstić information content (AvgIpc) is 2.48. The zero-order valence-corrected chi connectivity index (χ0v) is 13.5. The molecule has 0 spiro atoms. The van der Waals surface area contributed by atoms with Crippen LogP contribution < -0.4 is 14.8 Å². The van der Waals surface area contributed by atoms with Crippen molar-refractivity contribution in [2.24, 2.45) is 0 Å². The minimum atomic E-state index is 0.511. The van der Waals surface area contributed by atoms with Crippen molar-refractivity contribution in [2.75, 3.05) is 14.2 Å². The van der Waals surface area contributed by atoms with Crippen molar-refractivity contribution >= 4 is 23.2 Å². The molecule has 0 saturated carbocycles. The minimum Gasteiger partial charge on any atom is -0.497 e. The predicted molar refractivity (Wildman–Crippen MR) is 86.6 cm³/mol. The second-order valence-electron chi connectivity index (χ2n) is 4.54. The van der Waals surface area contributed by atoms with Crippen LogP contribution in [0.1, 0.15) is 11.1 Å². The molecule has 0 saturated heterocycles. The van der Waals surface area contributed by atoms with Crippen molar-refractivity contribution in [3.8, 4) is 11.5 Å². The molecular weight excluding hydrogens is 309 g/mol. The Labute approximate surface area is 134 Å². The van der Waals surface area contributed by atoms with Crippen molar-refractivity contribution in [2.45, 2.75) is 13.1 Å². The Morgan fingerprint density at radius 2 is 1.43 bits per heavy atom. The molecule has 112 valence electrons. The van der Waals surface area contributed by atoms with E-state index in [0.29, 0.717) is 22.3 Å². The molecule has 0 heterocycles. The van der Waals surface area contributed by atoms with E-state index in [1.807, 2.05) is 36.4 Å². The Hall–Kier alpha value is -1.42. The van der Waals surface area contributed by atoms with E-state index >= 15 is 0 Å². The molecule has 21 heavy (non-hydrogen) atoms. The average molecular weight is 326 g/mol. The number of rotatable bonds is 6.